The maximum absolute atomic E-state index is 13.4. The molecule has 0 radical (unpaired) electrons. The van der Waals surface area contributed by atoms with E-state index in [4.69, 9.17) is 23.2 Å². The van der Waals surface area contributed by atoms with Gasteiger partial charge in [0.15, 0.2) is 0 Å². The fourth-order valence-electron chi connectivity index (χ4n) is 2.38. The van der Waals surface area contributed by atoms with E-state index in [1.54, 1.807) is 40.9 Å². The van der Waals surface area contributed by atoms with Gasteiger partial charge in [-0.1, -0.05) is 35.3 Å². The molecule has 3 rings (SSSR count). The monoisotopic (exact) mass is 370 g/mol. The van der Waals surface area contributed by atoms with Crippen LogP contribution in [0.1, 0.15) is 10.9 Å². The molecule has 1 saturated heterocycles. The van der Waals surface area contributed by atoms with Gasteiger partial charge in [-0.15, -0.1) is 11.8 Å². The summed E-state index contributed by atoms with van der Waals surface area (Å²) >= 11 is 13.4. The Bertz CT molecular complexity index is 744. The van der Waals surface area contributed by atoms with E-state index in [9.17, 15) is 9.18 Å². The molecule has 1 aliphatic rings. The standard InChI is InChI=1S/C16H13Cl2FN2OS/c17-13-5-4-12(9-14(13)18)20-16(22)21-6-7-23-15(21)10-2-1-3-11(19)8-10/h1-5,8-9,15H,6-7H2,(H,20,22)/t15-/m0/s1. The van der Waals surface area contributed by atoms with Gasteiger partial charge in [-0.25, -0.2) is 9.18 Å². The Hall–Kier alpha value is -1.43. The van der Waals surface area contributed by atoms with Crippen molar-refractivity contribution in [3.63, 3.8) is 0 Å². The smallest absolute Gasteiger partial charge is 0.308 e. The molecular formula is C16H13Cl2FN2OS. The molecule has 0 spiro atoms. The molecule has 23 heavy (non-hydrogen) atoms. The van der Waals surface area contributed by atoms with Gasteiger partial charge in [0.1, 0.15) is 11.2 Å². The van der Waals surface area contributed by atoms with E-state index >= 15 is 0 Å². The molecule has 1 N–H and O–H groups in total. The van der Waals surface area contributed by atoms with Crippen LogP contribution in [0.4, 0.5) is 14.9 Å². The van der Waals surface area contributed by atoms with E-state index in [0.717, 1.165) is 11.3 Å². The molecule has 0 bridgehead atoms. The van der Waals surface area contributed by atoms with Crippen molar-refractivity contribution in [1.82, 2.24) is 4.90 Å². The van der Waals surface area contributed by atoms with Gasteiger partial charge in [-0.2, -0.15) is 0 Å². The van der Waals surface area contributed by atoms with Crippen LogP contribution in [0.25, 0.3) is 0 Å². The number of halogens is 3. The number of benzene rings is 2. The number of carbonyl (C=O) groups is 1. The predicted octanol–water partition coefficient (Wildman–Crippen LogP) is 5.41. The number of nitrogens with one attached hydrogen (secondary N) is 1. The number of urea groups is 1. The van der Waals surface area contributed by atoms with Crippen molar-refractivity contribution in [1.29, 1.82) is 0 Å². The van der Waals surface area contributed by atoms with Crippen LogP contribution in [-0.2, 0) is 0 Å². The predicted molar refractivity (Wildman–Crippen MR) is 93.8 cm³/mol. The first-order valence-electron chi connectivity index (χ1n) is 6.94. The first kappa shape index (κ1) is 16.4. The Balaban J connectivity index is 1.76. The minimum Gasteiger partial charge on any atom is -0.308 e. The van der Waals surface area contributed by atoms with Gasteiger partial charge in [0.25, 0.3) is 0 Å². The molecule has 2 aromatic rings. The van der Waals surface area contributed by atoms with Crippen molar-refractivity contribution >= 4 is 46.7 Å². The van der Waals surface area contributed by atoms with Crippen molar-refractivity contribution in [3.05, 3.63) is 63.9 Å². The zero-order valence-electron chi connectivity index (χ0n) is 11.9. The van der Waals surface area contributed by atoms with E-state index in [1.807, 2.05) is 6.07 Å². The number of carbonyl (C=O) groups excluding carboxylic acids is 1. The lowest BCUT2D eigenvalue weighted by Gasteiger charge is -2.24. The number of nitrogens with zero attached hydrogens (tertiary/aromatic N) is 1. The number of rotatable bonds is 2. The average molecular weight is 371 g/mol. The highest BCUT2D eigenvalue weighted by Crippen LogP contribution is 2.38. The van der Waals surface area contributed by atoms with E-state index < -0.39 is 0 Å². The van der Waals surface area contributed by atoms with Gasteiger partial charge in [-0.3, -0.25) is 0 Å². The minimum absolute atomic E-state index is 0.200. The van der Waals surface area contributed by atoms with Gasteiger partial charge in [0.2, 0.25) is 0 Å². The summed E-state index contributed by atoms with van der Waals surface area (Å²) < 4.78 is 13.4. The summed E-state index contributed by atoms with van der Waals surface area (Å²) in [5.41, 5.74) is 1.34. The molecule has 3 nitrogen and oxygen atoms in total. The Kier molecular flexibility index (Phi) is 4.99. The number of hydrogen-bond acceptors (Lipinski definition) is 2. The van der Waals surface area contributed by atoms with E-state index in [0.29, 0.717) is 22.3 Å². The Morgan fingerprint density at radius 2 is 2.04 bits per heavy atom. The van der Waals surface area contributed by atoms with Gasteiger partial charge < -0.3 is 10.2 Å². The molecule has 0 saturated carbocycles. The summed E-state index contributed by atoms with van der Waals surface area (Å²) in [6.45, 7) is 0.596. The largest absolute Gasteiger partial charge is 0.323 e. The van der Waals surface area contributed by atoms with Gasteiger partial charge in [-0.05, 0) is 35.9 Å². The quantitative estimate of drug-likeness (QED) is 0.765. The molecule has 0 aliphatic carbocycles. The zero-order chi connectivity index (χ0) is 16.4. The molecule has 120 valence electrons. The van der Waals surface area contributed by atoms with E-state index in [1.165, 1.54) is 12.1 Å². The number of amides is 2. The maximum atomic E-state index is 13.4. The fourth-order valence-corrected chi connectivity index (χ4v) is 3.93. The SMILES string of the molecule is O=C(Nc1ccc(Cl)c(Cl)c1)N1CCS[C@H]1c1cccc(F)c1. The second kappa shape index (κ2) is 6.99. The molecule has 0 unspecified atom stereocenters. The van der Waals surface area contributed by atoms with Crippen molar-refractivity contribution in [2.24, 2.45) is 0 Å². The van der Waals surface area contributed by atoms with Gasteiger partial charge >= 0.3 is 6.03 Å². The van der Waals surface area contributed by atoms with Gasteiger partial charge in [0, 0.05) is 18.0 Å². The molecule has 1 fully saturated rings. The van der Waals surface area contributed by atoms with Crippen LogP contribution in [0.2, 0.25) is 10.0 Å². The van der Waals surface area contributed by atoms with Crippen molar-refractivity contribution in [2.45, 2.75) is 5.37 Å². The Labute approximate surface area is 147 Å². The zero-order valence-corrected chi connectivity index (χ0v) is 14.3. The van der Waals surface area contributed by atoms with E-state index in [-0.39, 0.29) is 17.2 Å². The minimum atomic E-state index is -0.306. The van der Waals surface area contributed by atoms with Crippen molar-refractivity contribution < 1.29 is 9.18 Å². The van der Waals surface area contributed by atoms with Crippen LogP contribution in [0.15, 0.2) is 42.5 Å². The Morgan fingerprint density at radius 1 is 1.22 bits per heavy atom. The number of hydrogen-bond donors (Lipinski definition) is 1. The van der Waals surface area contributed by atoms with Crippen LogP contribution in [0, 0.1) is 5.82 Å². The second-order valence-corrected chi connectivity index (χ2v) is 7.03. The molecule has 1 heterocycles. The summed E-state index contributed by atoms with van der Waals surface area (Å²) in [7, 11) is 0. The molecule has 2 aromatic carbocycles. The van der Waals surface area contributed by atoms with Gasteiger partial charge in [0.05, 0.1) is 10.0 Å². The van der Waals surface area contributed by atoms with Crippen molar-refractivity contribution in [2.75, 3.05) is 17.6 Å². The maximum Gasteiger partial charge on any atom is 0.323 e. The molecule has 1 atom stereocenters. The highest BCUT2D eigenvalue weighted by molar-refractivity contribution is 7.99. The van der Waals surface area contributed by atoms with E-state index in [2.05, 4.69) is 5.32 Å². The first-order chi connectivity index (χ1) is 11.0. The molecule has 2 amide bonds. The third kappa shape index (κ3) is 3.74. The summed E-state index contributed by atoms with van der Waals surface area (Å²) in [5.74, 6) is 0.496. The summed E-state index contributed by atoms with van der Waals surface area (Å²) in [6.07, 6.45) is 0. The highest BCUT2D eigenvalue weighted by Gasteiger charge is 2.31. The van der Waals surface area contributed by atoms with Crippen LogP contribution < -0.4 is 5.32 Å². The Morgan fingerprint density at radius 3 is 2.78 bits per heavy atom. The van der Waals surface area contributed by atoms with Crippen LogP contribution in [-0.4, -0.2) is 23.2 Å². The van der Waals surface area contributed by atoms with Crippen LogP contribution in [0.3, 0.4) is 0 Å². The average Bonchev–Trinajstić information content (AvgIpc) is 3.00. The first-order valence-corrected chi connectivity index (χ1v) is 8.75. The summed E-state index contributed by atoms with van der Waals surface area (Å²) in [5, 5.41) is 3.41. The lowest BCUT2D eigenvalue weighted by atomic mass is 10.2. The molecule has 7 heteroatoms. The second-order valence-electron chi connectivity index (χ2n) is 5.03. The molecule has 1 aliphatic heterocycles. The number of thioether (sulfide) groups is 1. The highest BCUT2D eigenvalue weighted by atomic mass is 35.5. The van der Waals surface area contributed by atoms with Crippen LogP contribution >= 0.6 is 35.0 Å². The summed E-state index contributed by atoms with van der Waals surface area (Å²) in [4.78, 5) is 14.2. The lowest BCUT2D eigenvalue weighted by molar-refractivity contribution is 0.214. The van der Waals surface area contributed by atoms with Crippen molar-refractivity contribution in [3.8, 4) is 0 Å². The summed E-state index contributed by atoms with van der Waals surface area (Å²) in [6, 6.07) is 11.0. The normalized spacial score (nSPS) is 17.3. The molecule has 0 aromatic heterocycles. The topological polar surface area (TPSA) is 32.3 Å². The third-order valence-corrected chi connectivity index (χ3v) is 5.46. The molecular weight excluding hydrogens is 358 g/mol. The number of anilines is 1. The third-order valence-electron chi connectivity index (χ3n) is 3.46. The fraction of sp³-hybridized carbons (Fsp3) is 0.188. The van der Waals surface area contributed by atoms with Crippen LogP contribution in [0.5, 0.6) is 0 Å². The lowest BCUT2D eigenvalue weighted by Crippen LogP contribution is -2.34.